The van der Waals surface area contributed by atoms with Gasteiger partial charge in [-0.2, -0.15) is 0 Å². The molecule has 0 spiro atoms. The topological polar surface area (TPSA) is 88.1 Å². The summed E-state index contributed by atoms with van der Waals surface area (Å²) in [6.07, 6.45) is 1.10. The zero-order chi connectivity index (χ0) is 16.8. The van der Waals surface area contributed by atoms with Crippen molar-refractivity contribution in [2.75, 3.05) is 25.8 Å². The molecule has 7 nitrogen and oxygen atoms in total. The maximum Gasteiger partial charge on any atom is 0.326 e. The predicted molar refractivity (Wildman–Crippen MR) is 84.1 cm³/mol. The number of carbonyl (C=O) groups is 2. The third-order valence-electron chi connectivity index (χ3n) is 3.79. The molecule has 126 valence electrons. The van der Waals surface area contributed by atoms with Gasteiger partial charge in [-0.25, -0.2) is 4.79 Å². The number of fused-ring (bicyclic) bond motifs is 1. The first-order valence-corrected chi connectivity index (χ1v) is 7.62. The van der Waals surface area contributed by atoms with Gasteiger partial charge in [0.05, 0.1) is 17.9 Å². The lowest BCUT2D eigenvalue weighted by molar-refractivity contribution is -0.142. The number of hydrogen-bond acceptors (Lipinski definition) is 5. The first-order chi connectivity index (χ1) is 11.1. The van der Waals surface area contributed by atoms with Gasteiger partial charge < -0.3 is 14.7 Å². The average molecular weight is 322 g/mol. The Labute approximate surface area is 135 Å². The van der Waals surface area contributed by atoms with E-state index in [4.69, 9.17) is 9.57 Å². The van der Waals surface area contributed by atoms with E-state index in [0.717, 1.165) is 12.0 Å². The number of methoxy groups -OCH3 is 1. The van der Waals surface area contributed by atoms with E-state index in [9.17, 15) is 14.7 Å². The lowest BCUT2D eigenvalue weighted by Gasteiger charge is -2.22. The molecule has 0 saturated carbocycles. The maximum absolute atomic E-state index is 12.6. The Kier molecular flexibility index (Phi) is 5.95. The van der Waals surface area contributed by atoms with E-state index in [1.807, 2.05) is 12.1 Å². The number of nitrogens with one attached hydrogen (secondary N) is 1. The molecule has 2 N–H and O–H groups in total. The number of benzene rings is 1. The molecule has 0 aliphatic carbocycles. The fourth-order valence-electron chi connectivity index (χ4n) is 2.65. The summed E-state index contributed by atoms with van der Waals surface area (Å²) in [6.45, 7) is 3.10. The second-order valence-corrected chi connectivity index (χ2v) is 5.33. The van der Waals surface area contributed by atoms with Gasteiger partial charge in [-0.15, -0.1) is 0 Å². The normalized spacial score (nSPS) is 14.7. The van der Waals surface area contributed by atoms with Crippen LogP contribution in [0.4, 0.5) is 5.69 Å². The van der Waals surface area contributed by atoms with Crippen LogP contribution in [-0.4, -0.2) is 48.2 Å². The Morgan fingerprint density at radius 2 is 2.22 bits per heavy atom. The molecule has 1 atom stereocenters. The van der Waals surface area contributed by atoms with Crippen LogP contribution in [-0.2, 0) is 20.9 Å². The summed E-state index contributed by atoms with van der Waals surface area (Å²) in [5.41, 5.74) is 4.64. The number of amides is 1. The Morgan fingerprint density at radius 3 is 2.87 bits per heavy atom. The molecule has 1 aliphatic heterocycles. The quantitative estimate of drug-likeness (QED) is 0.533. The molecule has 7 heteroatoms. The van der Waals surface area contributed by atoms with Crippen molar-refractivity contribution in [1.82, 2.24) is 4.90 Å². The first kappa shape index (κ1) is 17.2. The molecule has 0 bridgehead atoms. The highest BCUT2D eigenvalue weighted by Crippen LogP contribution is 2.31. The van der Waals surface area contributed by atoms with Crippen LogP contribution in [0.2, 0.25) is 0 Å². The van der Waals surface area contributed by atoms with Gasteiger partial charge in [0.15, 0.2) is 0 Å². The average Bonchev–Trinajstić information content (AvgIpc) is 2.85. The lowest BCUT2D eigenvalue weighted by Crippen LogP contribution is -2.40. The Morgan fingerprint density at radius 1 is 1.43 bits per heavy atom. The van der Waals surface area contributed by atoms with Crippen molar-refractivity contribution in [3.8, 4) is 0 Å². The van der Waals surface area contributed by atoms with Crippen LogP contribution >= 0.6 is 0 Å². The molecule has 1 unspecified atom stereocenters. The number of carboxylic acid groups (broad SMARTS) is 1. The Bertz CT molecular complexity index is 576. The molecule has 0 fully saturated rings. The van der Waals surface area contributed by atoms with Crippen molar-refractivity contribution in [2.45, 2.75) is 32.4 Å². The minimum atomic E-state index is -0.987. The molecule has 0 radical (unpaired) electrons. The molecule has 1 aliphatic rings. The third kappa shape index (κ3) is 3.80. The van der Waals surface area contributed by atoms with E-state index in [0.29, 0.717) is 37.4 Å². The van der Waals surface area contributed by atoms with Crippen molar-refractivity contribution >= 4 is 17.6 Å². The smallest absolute Gasteiger partial charge is 0.326 e. The number of carboxylic acids is 1. The van der Waals surface area contributed by atoms with Crippen LogP contribution in [0.1, 0.15) is 35.7 Å². The van der Waals surface area contributed by atoms with Gasteiger partial charge in [-0.05, 0) is 24.5 Å². The van der Waals surface area contributed by atoms with Crippen LogP contribution in [0.5, 0.6) is 0 Å². The second-order valence-electron chi connectivity index (χ2n) is 5.33. The summed E-state index contributed by atoms with van der Waals surface area (Å²) in [5.74, 6) is -1.27. The van der Waals surface area contributed by atoms with Crippen molar-refractivity contribution in [3.05, 3.63) is 29.3 Å². The second kappa shape index (κ2) is 7.94. The first-order valence-electron chi connectivity index (χ1n) is 7.62. The van der Waals surface area contributed by atoms with Gasteiger partial charge in [-0.1, -0.05) is 19.1 Å². The number of aliphatic carboxylic acids is 1. The van der Waals surface area contributed by atoms with Crippen molar-refractivity contribution in [1.29, 1.82) is 0 Å². The fraction of sp³-hybridized carbons (Fsp3) is 0.500. The van der Waals surface area contributed by atoms with Crippen molar-refractivity contribution in [3.63, 3.8) is 0 Å². The zero-order valence-electron chi connectivity index (χ0n) is 13.4. The summed E-state index contributed by atoms with van der Waals surface area (Å²) >= 11 is 0. The van der Waals surface area contributed by atoms with Crippen LogP contribution in [0.3, 0.4) is 0 Å². The zero-order valence-corrected chi connectivity index (χ0v) is 13.4. The SMILES string of the molecule is CCC(C(=O)O)N1Cc2cccc(NOCCCOC)c2C1=O. The number of nitrogens with zero attached hydrogens (tertiary/aromatic N) is 1. The van der Waals surface area contributed by atoms with Crippen molar-refractivity contribution in [2.24, 2.45) is 0 Å². The number of hydrogen-bond donors (Lipinski definition) is 2. The molecule has 1 amide bonds. The predicted octanol–water partition coefficient (Wildman–Crippen LogP) is 1.89. The van der Waals surface area contributed by atoms with Gasteiger partial charge in [0.1, 0.15) is 6.04 Å². The third-order valence-corrected chi connectivity index (χ3v) is 3.79. The summed E-state index contributed by atoms with van der Waals surface area (Å²) < 4.78 is 4.94. The largest absolute Gasteiger partial charge is 0.480 e. The number of anilines is 1. The highest BCUT2D eigenvalue weighted by molar-refractivity contribution is 6.04. The Hall–Kier alpha value is -2.12. The summed E-state index contributed by atoms with van der Waals surface area (Å²) in [7, 11) is 1.62. The van der Waals surface area contributed by atoms with E-state index in [1.54, 1.807) is 20.1 Å². The van der Waals surface area contributed by atoms with Crippen molar-refractivity contribution < 1.29 is 24.3 Å². The molecule has 1 aromatic carbocycles. The Balaban J connectivity index is 2.10. The number of ether oxygens (including phenoxy) is 1. The fourth-order valence-corrected chi connectivity index (χ4v) is 2.65. The molecule has 1 heterocycles. The van der Waals surface area contributed by atoms with Gasteiger partial charge in [0, 0.05) is 20.3 Å². The standard InChI is InChI=1S/C16H22N2O5/c1-3-13(16(20)21)18-10-11-6-4-7-12(14(11)15(18)19)17-23-9-5-8-22-2/h4,6-7,13,17H,3,5,8-10H2,1-2H3,(H,20,21). The molecule has 23 heavy (non-hydrogen) atoms. The molecule has 0 aromatic heterocycles. The summed E-state index contributed by atoms with van der Waals surface area (Å²) in [6, 6.07) is 4.58. The van der Waals surface area contributed by atoms with Crippen LogP contribution in [0.15, 0.2) is 18.2 Å². The summed E-state index contributed by atoms with van der Waals surface area (Å²) in [4.78, 5) is 30.7. The van der Waals surface area contributed by atoms with Crippen LogP contribution in [0, 0.1) is 0 Å². The van der Waals surface area contributed by atoms with E-state index >= 15 is 0 Å². The molecule has 1 aromatic rings. The van der Waals surface area contributed by atoms with Gasteiger partial charge >= 0.3 is 5.97 Å². The molecule has 2 rings (SSSR count). The van der Waals surface area contributed by atoms with Crippen LogP contribution < -0.4 is 5.48 Å². The minimum Gasteiger partial charge on any atom is -0.480 e. The van der Waals surface area contributed by atoms with Gasteiger partial charge in [-0.3, -0.25) is 15.1 Å². The maximum atomic E-state index is 12.6. The minimum absolute atomic E-state index is 0.280. The molecular formula is C16H22N2O5. The molecular weight excluding hydrogens is 300 g/mol. The van der Waals surface area contributed by atoms with E-state index in [1.165, 1.54) is 4.90 Å². The highest BCUT2D eigenvalue weighted by atomic mass is 16.6. The highest BCUT2D eigenvalue weighted by Gasteiger charge is 2.36. The van der Waals surface area contributed by atoms with Crippen LogP contribution in [0.25, 0.3) is 0 Å². The van der Waals surface area contributed by atoms with E-state index in [2.05, 4.69) is 5.48 Å². The van der Waals surface area contributed by atoms with E-state index < -0.39 is 12.0 Å². The number of rotatable bonds is 9. The molecule has 0 saturated heterocycles. The van der Waals surface area contributed by atoms with E-state index in [-0.39, 0.29) is 5.91 Å². The monoisotopic (exact) mass is 322 g/mol. The summed E-state index contributed by atoms with van der Waals surface area (Å²) in [5, 5.41) is 9.28. The van der Waals surface area contributed by atoms with Gasteiger partial charge in [0.25, 0.3) is 5.91 Å². The lowest BCUT2D eigenvalue weighted by atomic mass is 10.1. The number of carbonyl (C=O) groups excluding carboxylic acids is 1. The van der Waals surface area contributed by atoms with Gasteiger partial charge in [0.2, 0.25) is 0 Å².